The van der Waals surface area contributed by atoms with E-state index in [4.69, 9.17) is 0 Å². The van der Waals surface area contributed by atoms with E-state index in [1.54, 1.807) is 6.08 Å². The molecule has 1 aromatic rings. The summed E-state index contributed by atoms with van der Waals surface area (Å²) in [6, 6.07) is 0. The molecule has 0 radical (unpaired) electrons. The SMILES string of the molecule is C=CCC(O)c1ncn[nH]1. The Morgan fingerprint density at radius 3 is 3.20 bits per heavy atom. The van der Waals surface area contributed by atoms with Crippen LogP contribution in [0.1, 0.15) is 18.3 Å². The minimum atomic E-state index is -0.597. The Morgan fingerprint density at radius 1 is 1.90 bits per heavy atom. The molecule has 0 aliphatic rings. The van der Waals surface area contributed by atoms with Crippen molar-refractivity contribution in [1.29, 1.82) is 0 Å². The summed E-state index contributed by atoms with van der Waals surface area (Å²) < 4.78 is 0. The number of aliphatic hydroxyl groups is 1. The smallest absolute Gasteiger partial charge is 0.153 e. The zero-order valence-electron chi connectivity index (χ0n) is 5.49. The zero-order chi connectivity index (χ0) is 7.40. The summed E-state index contributed by atoms with van der Waals surface area (Å²) in [6.45, 7) is 3.49. The van der Waals surface area contributed by atoms with Gasteiger partial charge < -0.3 is 5.11 Å². The molecule has 0 aliphatic carbocycles. The van der Waals surface area contributed by atoms with Crippen molar-refractivity contribution >= 4 is 0 Å². The minimum Gasteiger partial charge on any atom is -0.385 e. The third-order valence-electron chi connectivity index (χ3n) is 1.14. The number of nitrogens with one attached hydrogen (secondary N) is 1. The second kappa shape index (κ2) is 3.12. The fourth-order valence-corrected chi connectivity index (χ4v) is 0.645. The van der Waals surface area contributed by atoms with E-state index >= 15 is 0 Å². The summed E-state index contributed by atoms with van der Waals surface area (Å²) in [5, 5.41) is 15.4. The maximum Gasteiger partial charge on any atom is 0.153 e. The lowest BCUT2D eigenvalue weighted by Crippen LogP contribution is -1.97. The number of rotatable bonds is 3. The first kappa shape index (κ1) is 6.95. The van der Waals surface area contributed by atoms with Gasteiger partial charge in [0.05, 0.1) is 0 Å². The van der Waals surface area contributed by atoms with Gasteiger partial charge in [0.15, 0.2) is 5.82 Å². The lowest BCUT2D eigenvalue weighted by molar-refractivity contribution is 0.172. The van der Waals surface area contributed by atoms with Gasteiger partial charge in [-0.1, -0.05) is 6.08 Å². The molecule has 0 saturated heterocycles. The highest BCUT2D eigenvalue weighted by atomic mass is 16.3. The molecule has 1 aromatic heterocycles. The number of aromatic amines is 1. The van der Waals surface area contributed by atoms with Crippen LogP contribution < -0.4 is 0 Å². The van der Waals surface area contributed by atoms with Crippen LogP contribution in [0.15, 0.2) is 19.0 Å². The molecule has 0 spiro atoms. The van der Waals surface area contributed by atoms with Gasteiger partial charge in [-0.3, -0.25) is 5.10 Å². The first-order chi connectivity index (χ1) is 4.84. The standard InChI is InChI=1S/C6H9N3O/c1-2-3-5(10)6-7-4-8-9-6/h2,4-5,10H,1,3H2,(H,7,8,9). The molecule has 0 bridgehead atoms. The number of hydrogen-bond acceptors (Lipinski definition) is 3. The number of aliphatic hydroxyl groups excluding tert-OH is 1. The molecule has 54 valence electrons. The molecule has 0 amide bonds. The Balaban J connectivity index is 2.58. The normalized spacial score (nSPS) is 12.9. The van der Waals surface area contributed by atoms with Crippen LogP contribution in [-0.2, 0) is 0 Å². The van der Waals surface area contributed by atoms with Gasteiger partial charge in [0.25, 0.3) is 0 Å². The third-order valence-corrected chi connectivity index (χ3v) is 1.14. The van der Waals surface area contributed by atoms with Crippen LogP contribution in [0.25, 0.3) is 0 Å². The topological polar surface area (TPSA) is 61.8 Å². The summed E-state index contributed by atoms with van der Waals surface area (Å²) >= 11 is 0. The molecule has 4 nitrogen and oxygen atoms in total. The Morgan fingerprint density at radius 2 is 2.70 bits per heavy atom. The summed E-state index contributed by atoms with van der Waals surface area (Å²) in [6.07, 6.45) is 2.89. The maximum absolute atomic E-state index is 9.20. The van der Waals surface area contributed by atoms with Gasteiger partial charge in [-0.2, -0.15) is 5.10 Å². The molecule has 0 aromatic carbocycles. The Labute approximate surface area is 58.6 Å². The van der Waals surface area contributed by atoms with Gasteiger partial charge in [0.1, 0.15) is 12.4 Å². The van der Waals surface area contributed by atoms with Crippen molar-refractivity contribution in [3.05, 3.63) is 24.8 Å². The van der Waals surface area contributed by atoms with E-state index in [1.165, 1.54) is 6.33 Å². The summed E-state index contributed by atoms with van der Waals surface area (Å²) in [5.74, 6) is 0.486. The predicted molar refractivity (Wildman–Crippen MR) is 36.2 cm³/mol. The highest BCUT2D eigenvalue weighted by Gasteiger charge is 2.06. The average Bonchev–Trinajstić information content (AvgIpc) is 2.38. The molecule has 1 atom stereocenters. The molecular formula is C6H9N3O. The van der Waals surface area contributed by atoms with E-state index in [0.29, 0.717) is 12.2 Å². The molecule has 0 fully saturated rings. The van der Waals surface area contributed by atoms with Gasteiger partial charge in [0.2, 0.25) is 0 Å². The quantitative estimate of drug-likeness (QED) is 0.596. The van der Waals surface area contributed by atoms with E-state index in [-0.39, 0.29) is 0 Å². The first-order valence-electron chi connectivity index (χ1n) is 2.99. The predicted octanol–water partition coefficient (Wildman–Crippen LogP) is 0.414. The molecule has 0 saturated carbocycles. The molecule has 1 heterocycles. The summed E-state index contributed by atoms with van der Waals surface area (Å²) in [5.41, 5.74) is 0. The largest absolute Gasteiger partial charge is 0.385 e. The molecule has 0 aliphatic heterocycles. The van der Waals surface area contributed by atoms with Gasteiger partial charge >= 0.3 is 0 Å². The first-order valence-corrected chi connectivity index (χ1v) is 2.99. The Hall–Kier alpha value is -1.16. The summed E-state index contributed by atoms with van der Waals surface area (Å²) in [4.78, 5) is 3.77. The van der Waals surface area contributed by atoms with E-state index < -0.39 is 6.10 Å². The van der Waals surface area contributed by atoms with E-state index in [0.717, 1.165) is 0 Å². The number of hydrogen-bond donors (Lipinski definition) is 2. The highest BCUT2D eigenvalue weighted by molar-refractivity contribution is 4.89. The third kappa shape index (κ3) is 1.41. The lowest BCUT2D eigenvalue weighted by Gasteiger charge is -2.00. The van der Waals surface area contributed by atoms with Crippen LogP contribution >= 0.6 is 0 Å². The maximum atomic E-state index is 9.20. The van der Waals surface area contributed by atoms with Crippen molar-refractivity contribution < 1.29 is 5.11 Å². The summed E-state index contributed by atoms with van der Waals surface area (Å²) in [7, 11) is 0. The molecule has 4 heteroatoms. The van der Waals surface area contributed by atoms with E-state index in [9.17, 15) is 5.11 Å². The van der Waals surface area contributed by atoms with Crippen molar-refractivity contribution in [3.63, 3.8) is 0 Å². The van der Waals surface area contributed by atoms with Crippen LogP contribution in [0.4, 0.5) is 0 Å². The van der Waals surface area contributed by atoms with Crippen molar-refractivity contribution in [1.82, 2.24) is 15.2 Å². The fraction of sp³-hybridized carbons (Fsp3) is 0.333. The van der Waals surface area contributed by atoms with Crippen LogP contribution in [0, 0.1) is 0 Å². The molecule has 10 heavy (non-hydrogen) atoms. The van der Waals surface area contributed by atoms with Crippen LogP contribution in [-0.4, -0.2) is 20.3 Å². The van der Waals surface area contributed by atoms with Gasteiger partial charge in [-0.15, -0.1) is 6.58 Å². The Bertz CT molecular complexity index is 195. The fourth-order valence-electron chi connectivity index (χ4n) is 0.645. The highest BCUT2D eigenvalue weighted by Crippen LogP contribution is 2.09. The van der Waals surface area contributed by atoms with Gasteiger partial charge in [0, 0.05) is 0 Å². The second-order valence-electron chi connectivity index (χ2n) is 1.91. The number of aromatic nitrogens is 3. The molecule has 2 N–H and O–H groups in total. The van der Waals surface area contributed by atoms with Gasteiger partial charge in [-0.25, -0.2) is 4.98 Å². The Kier molecular flexibility index (Phi) is 2.17. The van der Waals surface area contributed by atoms with Crippen molar-refractivity contribution in [3.8, 4) is 0 Å². The average molecular weight is 139 g/mol. The number of H-pyrrole nitrogens is 1. The van der Waals surface area contributed by atoms with Gasteiger partial charge in [-0.05, 0) is 6.42 Å². The van der Waals surface area contributed by atoms with Crippen LogP contribution in [0.2, 0.25) is 0 Å². The van der Waals surface area contributed by atoms with Crippen LogP contribution in [0.5, 0.6) is 0 Å². The van der Waals surface area contributed by atoms with Crippen molar-refractivity contribution in [2.45, 2.75) is 12.5 Å². The van der Waals surface area contributed by atoms with E-state index in [2.05, 4.69) is 21.8 Å². The molecule has 1 unspecified atom stereocenters. The van der Waals surface area contributed by atoms with Crippen LogP contribution in [0.3, 0.4) is 0 Å². The minimum absolute atomic E-state index is 0.486. The number of nitrogens with zero attached hydrogens (tertiary/aromatic N) is 2. The second-order valence-corrected chi connectivity index (χ2v) is 1.91. The monoisotopic (exact) mass is 139 g/mol. The van der Waals surface area contributed by atoms with E-state index in [1.807, 2.05) is 0 Å². The molecule has 1 rings (SSSR count). The lowest BCUT2D eigenvalue weighted by atomic mass is 10.2. The molecular weight excluding hydrogens is 130 g/mol. The van der Waals surface area contributed by atoms with Crippen molar-refractivity contribution in [2.75, 3.05) is 0 Å². The van der Waals surface area contributed by atoms with Crippen molar-refractivity contribution in [2.24, 2.45) is 0 Å². The zero-order valence-corrected chi connectivity index (χ0v) is 5.49.